The number of fused-ring (bicyclic) bond motifs is 1. The first-order valence-corrected chi connectivity index (χ1v) is 9.53. The van der Waals surface area contributed by atoms with Gasteiger partial charge in [0.2, 0.25) is 5.91 Å². The standard InChI is InChI=1S/C20H22F3N5O/c1-27-9-3-4-14(11-27)24-19-18-15(10-16(29)28(18)2)17(25-26-19)12-5-7-13(8-6-12)20(21,22)23/h5-8,14H,3-4,9-11H2,1-2H3,(H,24,26)/t14-/m1/s1. The molecule has 2 aromatic rings. The molecule has 0 radical (unpaired) electrons. The van der Waals surface area contributed by atoms with E-state index in [2.05, 4.69) is 27.5 Å². The molecule has 1 aromatic heterocycles. The fourth-order valence-electron chi connectivity index (χ4n) is 4.01. The maximum atomic E-state index is 12.9. The maximum absolute atomic E-state index is 12.9. The lowest BCUT2D eigenvalue weighted by molar-refractivity contribution is -0.137. The summed E-state index contributed by atoms with van der Waals surface area (Å²) in [5, 5.41) is 12.0. The van der Waals surface area contributed by atoms with Crippen molar-refractivity contribution in [3.8, 4) is 11.3 Å². The maximum Gasteiger partial charge on any atom is 0.416 e. The molecule has 1 aromatic carbocycles. The number of carbonyl (C=O) groups excluding carboxylic acids is 1. The van der Waals surface area contributed by atoms with Crippen LogP contribution in [0.4, 0.5) is 24.7 Å². The molecule has 9 heteroatoms. The second-order valence-electron chi connectivity index (χ2n) is 7.67. The van der Waals surface area contributed by atoms with E-state index in [0.29, 0.717) is 28.3 Å². The van der Waals surface area contributed by atoms with Crippen LogP contribution < -0.4 is 10.2 Å². The Kier molecular flexibility index (Phi) is 4.94. The Morgan fingerprint density at radius 2 is 1.86 bits per heavy atom. The van der Waals surface area contributed by atoms with Gasteiger partial charge in [0.15, 0.2) is 5.82 Å². The number of nitrogens with zero attached hydrogens (tertiary/aromatic N) is 4. The zero-order valence-electron chi connectivity index (χ0n) is 16.3. The van der Waals surface area contributed by atoms with Crippen LogP contribution in [-0.4, -0.2) is 54.2 Å². The minimum Gasteiger partial charge on any atom is -0.363 e. The molecular formula is C20H22F3N5O. The van der Waals surface area contributed by atoms with Crippen LogP contribution >= 0.6 is 0 Å². The van der Waals surface area contributed by atoms with E-state index < -0.39 is 11.7 Å². The van der Waals surface area contributed by atoms with Crippen molar-refractivity contribution < 1.29 is 18.0 Å². The summed E-state index contributed by atoms with van der Waals surface area (Å²) in [5.41, 5.74) is 1.58. The minimum atomic E-state index is -4.40. The zero-order chi connectivity index (χ0) is 20.8. The van der Waals surface area contributed by atoms with Gasteiger partial charge in [0.05, 0.1) is 23.4 Å². The number of likely N-dealkylation sites (tertiary alicyclic amines) is 1. The van der Waals surface area contributed by atoms with Crippen LogP contribution in [0.5, 0.6) is 0 Å². The number of likely N-dealkylation sites (N-methyl/N-ethyl adjacent to an activating group) is 2. The Labute approximate surface area is 166 Å². The molecule has 1 N–H and O–H groups in total. The first kappa shape index (κ1) is 19.6. The summed E-state index contributed by atoms with van der Waals surface area (Å²) in [6, 6.07) is 4.99. The number of rotatable bonds is 3. The normalized spacial score (nSPS) is 20.1. The van der Waals surface area contributed by atoms with Crippen molar-refractivity contribution in [2.75, 3.05) is 37.4 Å². The second kappa shape index (κ2) is 7.29. The van der Waals surface area contributed by atoms with Crippen LogP contribution in [0.2, 0.25) is 0 Å². The van der Waals surface area contributed by atoms with Crippen LogP contribution in [0.3, 0.4) is 0 Å². The van der Waals surface area contributed by atoms with Crippen LogP contribution in [0.1, 0.15) is 24.0 Å². The molecule has 3 heterocycles. The fourth-order valence-corrected chi connectivity index (χ4v) is 4.01. The highest BCUT2D eigenvalue weighted by Crippen LogP contribution is 2.40. The van der Waals surface area contributed by atoms with Crippen molar-refractivity contribution in [1.82, 2.24) is 15.1 Å². The van der Waals surface area contributed by atoms with E-state index >= 15 is 0 Å². The third kappa shape index (κ3) is 3.78. The lowest BCUT2D eigenvalue weighted by Gasteiger charge is -2.31. The third-order valence-electron chi connectivity index (χ3n) is 5.53. The van der Waals surface area contributed by atoms with Gasteiger partial charge in [0, 0.05) is 30.8 Å². The summed E-state index contributed by atoms with van der Waals surface area (Å²) in [6.07, 6.45) is -2.18. The van der Waals surface area contributed by atoms with Gasteiger partial charge in [-0.2, -0.15) is 13.2 Å². The predicted molar refractivity (Wildman–Crippen MR) is 104 cm³/mol. The van der Waals surface area contributed by atoms with Gasteiger partial charge in [-0.15, -0.1) is 10.2 Å². The average Bonchev–Trinajstić information content (AvgIpc) is 2.97. The molecule has 2 aliphatic rings. The minimum absolute atomic E-state index is 0.0910. The average molecular weight is 405 g/mol. The Morgan fingerprint density at radius 3 is 2.52 bits per heavy atom. The number of piperidine rings is 1. The molecule has 1 fully saturated rings. The number of amides is 1. The van der Waals surface area contributed by atoms with E-state index in [1.54, 1.807) is 11.9 Å². The number of carbonyl (C=O) groups is 1. The topological polar surface area (TPSA) is 61.4 Å². The van der Waals surface area contributed by atoms with Crippen molar-refractivity contribution in [2.24, 2.45) is 0 Å². The fraction of sp³-hybridized carbons (Fsp3) is 0.450. The number of benzene rings is 1. The Morgan fingerprint density at radius 1 is 1.14 bits per heavy atom. The molecule has 0 bridgehead atoms. The number of anilines is 2. The van der Waals surface area contributed by atoms with E-state index in [1.165, 1.54) is 12.1 Å². The highest BCUT2D eigenvalue weighted by molar-refractivity contribution is 6.05. The first-order valence-electron chi connectivity index (χ1n) is 9.53. The monoisotopic (exact) mass is 405 g/mol. The number of halogens is 3. The summed E-state index contributed by atoms with van der Waals surface area (Å²) in [6.45, 7) is 1.92. The second-order valence-corrected chi connectivity index (χ2v) is 7.67. The van der Waals surface area contributed by atoms with Crippen molar-refractivity contribution in [3.63, 3.8) is 0 Å². The predicted octanol–water partition coefficient (Wildman–Crippen LogP) is 3.19. The van der Waals surface area contributed by atoms with Gasteiger partial charge in [-0.1, -0.05) is 12.1 Å². The summed E-state index contributed by atoms with van der Waals surface area (Å²) in [7, 11) is 3.75. The highest BCUT2D eigenvalue weighted by atomic mass is 19.4. The van der Waals surface area contributed by atoms with Crippen molar-refractivity contribution in [1.29, 1.82) is 0 Å². The van der Waals surface area contributed by atoms with Gasteiger partial charge >= 0.3 is 6.18 Å². The zero-order valence-corrected chi connectivity index (χ0v) is 16.3. The first-order chi connectivity index (χ1) is 13.7. The van der Waals surface area contributed by atoms with Gasteiger partial charge in [-0.05, 0) is 38.6 Å². The lowest BCUT2D eigenvalue weighted by Crippen LogP contribution is -2.40. The molecule has 1 amide bonds. The van der Waals surface area contributed by atoms with E-state index in [-0.39, 0.29) is 18.4 Å². The van der Waals surface area contributed by atoms with Crippen LogP contribution in [0, 0.1) is 0 Å². The van der Waals surface area contributed by atoms with E-state index in [1.807, 2.05) is 0 Å². The van der Waals surface area contributed by atoms with Crippen molar-refractivity contribution >= 4 is 17.4 Å². The van der Waals surface area contributed by atoms with E-state index in [4.69, 9.17) is 0 Å². The molecule has 29 heavy (non-hydrogen) atoms. The number of aromatic nitrogens is 2. The number of nitrogens with one attached hydrogen (secondary N) is 1. The van der Waals surface area contributed by atoms with E-state index in [0.717, 1.165) is 38.1 Å². The molecule has 4 rings (SSSR count). The quantitative estimate of drug-likeness (QED) is 0.850. The largest absolute Gasteiger partial charge is 0.416 e. The molecule has 0 unspecified atom stereocenters. The molecule has 1 atom stereocenters. The van der Waals surface area contributed by atoms with Crippen molar-refractivity contribution in [3.05, 3.63) is 35.4 Å². The molecule has 6 nitrogen and oxygen atoms in total. The Hall–Kier alpha value is -2.68. The van der Waals surface area contributed by atoms with Gasteiger partial charge in [0.25, 0.3) is 0 Å². The molecule has 0 spiro atoms. The SMILES string of the molecule is CN1CCC[C@@H](Nc2nnc(-c3ccc(C(F)(F)F)cc3)c3c2N(C)C(=O)C3)C1. The Balaban J connectivity index is 1.69. The third-order valence-corrected chi connectivity index (χ3v) is 5.53. The summed E-state index contributed by atoms with van der Waals surface area (Å²) >= 11 is 0. The molecule has 1 saturated heterocycles. The number of hydrogen-bond acceptors (Lipinski definition) is 5. The molecule has 2 aliphatic heterocycles. The van der Waals surface area contributed by atoms with Crippen molar-refractivity contribution in [2.45, 2.75) is 31.5 Å². The van der Waals surface area contributed by atoms with Crippen LogP contribution in [0.25, 0.3) is 11.3 Å². The summed E-state index contributed by atoms with van der Waals surface area (Å²) < 4.78 is 38.6. The number of alkyl halides is 3. The molecular weight excluding hydrogens is 383 g/mol. The lowest BCUT2D eigenvalue weighted by atomic mass is 10.0. The van der Waals surface area contributed by atoms with Gasteiger partial charge < -0.3 is 15.1 Å². The van der Waals surface area contributed by atoms with Crippen LogP contribution in [-0.2, 0) is 17.4 Å². The van der Waals surface area contributed by atoms with E-state index in [9.17, 15) is 18.0 Å². The van der Waals surface area contributed by atoms with Crippen LogP contribution in [0.15, 0.2) is 24.3 Å². The van der Waals surface area contributed by atoms with Gasteiger partial charge in [0.1, 0.15) is 0 Å². The highest BCUT2D eigenvalue weighted by Gasteiger charge is 2.34. The Bertz CT molecular complexity index is 929. The number of hydrogen-bond donors (Lipinski definition) is 1. The smallest absolute Gasteiger partial charge is 0.363 e. The van der Waals surface area contributed by atoms with Gasteiger partial charge in [-0.25, -0.2) is 0 Å². The van der Waals surface area contributed by atoms with Gasteiger partial charge in [-0.3, -0.25) is 4.79 Å². The molecule has 154 valence electrons. The summed E-state index contributed by atoms with van der Waals surface area (Å²) in [5.74, 6) is 0.455. The molecule has 0 saturated carbocycles. The molecule has 0 aliphatic carbocycles. The summed E-state index contributed by atoms with van der Waals surface area (Å²) in [4.78, 5) is 16.2.